The first-order chi connectivity index (χ1) is 18.6. The molecule has 1 saturated heterocycles. The van der Waals surface area contributed by atoms with Crippen LogP contribution in [0.4, 0.5) is 17.3 Å². The third-order valence-corrected chi connectivity index (χ3v) is 6.54. The smallest absolute Gasteiger partial charge is 0.282 e. The lowest BCUT2D eigenvalue weighted by Gasteiger charge is -2.34. The molecule has 0 spiro atoms. The zero-order valence-electron chi connectivity index (χ0n) is 20.7. The van der Waals surface area contributed by atoms with E-state index in [9.17, 15) is 9.90 Å². The molecule has 0 saturated carbocycles. The minimum Gasteiger partial charge on any atom is -0.506 e. The number of aromatic hydroxyl groups is 1. The quantitative estimate of drug-likeness (QED) is 0.367. The summed E-state index contributed by atoms with van der Waals surface area (Å²) in [6.45, 7) is 4.07. The van der Waals surface area contributed by atoms with Gasteiger partial charge in [0, 0.05) is 62.2 Å². The molecule has 0 amide bonds. The summed E-state index contributed by atoms with van der Waals surface area (Å²) < 4.78 is 1.10. The third-order valence-electron chi connectivity index (χ3n) is 6.54. The maximum absolute atomic E-state index is 13.4. The molecule has 0 atom stereocenters. The number of nitrogens with one attached hydrogen (secondary N) is 1. The van der Waals surface area contributed by atoms with Crippen LogP contribution in [0, 0.1) is 0 Å². The van der Waals surface area contributed by atoms with Crippen LogP contribution in [0.2, 0.25) is 0 Å². The highest BCUT2D eigenvalue weighted by molar-refractivity contribution is 5.90. The van der Waals surface area contributed by atoms with Crippen LogP contribution in [0.25, 0.3) is 28.0 Å². The molecular weight excluding hydrogens is 482 g/mol. The molecule has 11 nitrogen and oxygen atoms in total. The molecular formula is C27H25N9O2. The Bertz CT molecular complexity index is 1650. The van der Waals surface area contributed by atoms with Gasteiger partial charge in [-0.15, -0.1) is 0 Å². The Balaban J connectivity index is 1.38. The van der Waals surface area contributed by atoms with Crippen LogP contribution >= 0.6 is 0 Å². The fourth-order valence-corrected chi connectivity index (χ4v) is 4.42. The van der Waals surface area contributed by atoms with Gasteiger partial charge in [-0.3, -0.25) is 14.8 Å². The Hall–Kier alpha value is -4.90. The average molecular weight is 508 g/mol. The van der Waals surface area contributed by atoms with Crippen molar-refractivity contribution in [2.75, 3.05) is 43.4 Å². The molecule has 1 aliphatic heterocycles. The minimum atomic E-state index is -0.480. The predicted molar refractivity (Wildman–Crippen MR) is 145 cm³/mol. The van der Waals surface area contributed by atoms with Crippen molar-refractivity contribution in [3.63, 3.8) is 0 Å². The molecule has 6 rings (SSSR count). The summed E-state index contributed by atoms with van der Waals surface area (Å²) in [4.78, 5) is 35.6. The van der Waals surface area contributed by atoms with Crippen molar-refractivity contribution in [2.24, 2.45) is 0 Å². The van der Waals surface area contributed by atoms with Gasteiger partial charge in [-0.05, 0) is 43.4 Å². The zero-order chi connectivity index (χ0) is 26.1. The van der Waals surface area contributed by atoms with Crippen LogP contribution in [0.1, 0.15) is 0 Å². The number of rotatable bonds is 5. The molecule has 0 bridgehead atoms. The van der Waals surface area contributed by atoms with E-state index in [-0.39, 0.29) is 16.8 Å². The number of aromatic nitrogens is 6. The Morgan fingerprint density at radius 2 is 1.74 bits per heavy atom. The van der Waals surface area contributed by atoms with Crippen molar-refractivity contribution >= 4 is 28.2 Å². The summed E-state index contributed by atoms with van der Waals surface area (Å²) >= 11 is 0. The molecule has 0 aliphatic carbocycles. The summed E-state index contributed by atoms with van der Waals surface area (Å²) in [5, 5.41) is 18.3. The van der Waals surface area contributed by atoms with Crippen molar-refractivity contribution < 1.29 is 5.11 Å². The largest absolute Gasteiger partial charge is 0.506 e. The summed E-state index contributed by atoms with van der Waals surface area (Å²) in [5.74, 6) is 0.199. The van der Waals surface area contributed by atoms with E-state index in [1.165, 1.54) is 30.3 Å². The van der Waals surface area contributed by atoms with Crippen molar-refractivity contribution in [3.8, 4) is 22.8 Å². The lowest BCUT2D eigenvalue weighted by molar-refractivity contribution is 0.313. The van der Waals surface area contributed by atoms with Gasteiger partial charge in [-0.1, -0.05) is 6.07 Å². The fraction of sp³-hybridized carbons (Fsp3) is 0.185. The Morgan fingerprint density at radius 1 is 0.921 bits per heavy atom. The van der Waals surface area contributed by atoms with Crippen LogP contribution in [-0.2, 0) is 0 Å². The molecule has 5 aromatic rings. The molecule has 5 heterocycles. The number of fused-ring (bicyclic) bond motifs is 1. The summed E-state index contributed by atoms with van der Waals surface area (Å²) in [5.41, 5.74) is 2.91. The van der Waals surface area contributed by atoms with Gasteiger partial charge in [0.15, 0.2) is 0 Å². The van der Waals surface area contributed by atoms with E-state index in [0.717, 1.165) is 36.5 Å². The molecule has 190 valence electrons. The van der Waals surface area contributed by atoms with Gasteiger partial charge in [0.05, 0.1) is 17.3 Å². The first-order valence-corrected chi connectivity index (χ1v) is 12.2. The van der Waals surface area contributed by atoms with E-state index in [2.05, 4.69) is 59.3 Å². The van der Waals surface area contributed by atoms with Crippen LogP contribution < -0.4 is 15.8 Å². The number of hydrogen-bond acceptors (Lipinski definition) is 10. The number of nitrogens with zero attached hydrogens (tertiary/aromatic N) is 8. The summed E-state index contributed by atoms with van der Waals surface area (Å²) in [6, 6.07) is 14.9. The first kappa shape index (κ1) is 23.5. The second-order valence-electron chi connectivity index (χ2n) is 9.06. The second-order valence-corrected chi connectivity index (χ2v) is 9.06. The first-order valence-electron chi connectivity index (χ1n) is 12.2. The highest BCUT2D eigenvalue weighted by atomic mass is 16.3. The maximum atomic E-state index is 13.4. The molecule has 1 fully saturated rings. The molecule has 1 aromatic carbocycles. The number of hydrogen-bond donors (Lipinski definition) is 2. The lowest BCUT2D eigenvalue weighted by atomic mass is 10.2. The minimum absolute atomic E-state index is 0.125. The van der Waals surface area contributed by atoms with Crippen LogP contribution in [-0.4, -0.2) is 72.9 Å². The van der Waals surface area contributed by atoms with E-state index in [4.69, 9.17) is 0 Å². The fourth-order valence-electron chi connectivity index (χ4n) is 4.42. The summed E-state index contributed by atoms with van der Waals surface area (Å²) in [7, 11) is 2.14. The Morgan fingerprint density at radius 3 is 2.47 bits per heavy atom. The van der Waals surface area contributed by atoms with Crippen molar-refractivity contribution in [2.45, 2.75) is 0 Å². The number of pyridine rings is 2. The van der Waals surface area contributed by atoms with Gasteiger partial charge in [0.1, 0.15) is 22.6 Å². The topological polar surface area (TPSA) is 125 Å². The lowest BCUT2D eigenvalue weighted by Crippen LogP contribution is -2.44. The molecule has 4 aromatic heterocycles. The number of benzene rings is 1. The standard InChI is InChI=1S/C27H25N9O2/c1-34-12-14-35(15-13-34)19-7-5-18(6-8-19)31-27-30-16-20-24(32-27)25(21-4-2-3-10-29-21)33-36(26(20)38)22-17-28-11-9-23(22)37/h2-11,16-17H,12-15H2,1H3,(H,28,37)(H,30,31,32). The van der Waals surface area contributed by atoms with E-state index in [0.29, 0.717) is 22.9 Å². The van der Waals surface area contributed by atoms with Gasteiger partial charge in [-0.2, -0.15) is 9.78 Å². The molecule has 38 heavy (non-hydrogen) atoms. The van der Waals surface area contributed by atoms with Gasteiger partial charge in [-0.25, -0.2) is 9.97 Å². The number of anilines is 3. The van der Waals surface area contributed by atoms with Crippen molar-refractivity contribution in [3.05, 3.63) is 83.7 Å². The van der Waals surface area contributed by atoms with Crippen LogP contribution in [0.15, 0.2) is 78.1 Å². The SMILES string of the molecule is CN1CCN(c2ccc(Nc3ncc4c(=O)n(-c5cnccc5O)nc(-c5ccccn5)c4n3)cc2)CC1. The van der Waals surface area contributed by atoms with Gasteiger partial charge < -0.3 is 20.2 Å². The molecule has 2 N–H and O–H groups in total. The number of piperazine rings is 1. The Labute approximate surface area is 218 Å². The maximum Gasteiger partial charge on any atom is 0.282 e. The van der Waals surface area contributed by atoms with Crippen LogP contribution in [0.5, 0.6) is 5.75 Å². The van der Waals surface area contributed by atoms with Gasteiger partial charge in [0.2, 0.25) is 5.95 Å². The number of likely N-dealkylation sites (N-methyl/N-ethyl adjacent to an activating group) is 1. The molecule has 1 aliphatic rings. The Kier molecular flexibility index (Phi) is 6.10. The second kappa shape index (κ2) is 9.87. The molecule has 0 radical (unpaired) electrons. The van der Waals surface area contributed by atoms with E-state index >= 15 is 0 Å². The average Bonchev–Trinajstić information content (AvgIpc) is 2.95. The van der Waals surface area contributed by atoms with Gasteiger partial charge in [0.25, 0.3) is 5.56 Å². The predicted octanol–water partition coefficient (Wildman–Crippen LogP) is 2.83. The van der Waals surface area contributed by atoms with E-state index in [1.807, 2.05) is 18.2 Å². The monoisotopic (exact) mass is 507 g/mol. The van der Waals surface area contributed by atoms with Crippen molar-refractivity contribution in [1.82, 2.24) is 34.6 Å². The molecule has 0 unspecified atom stereocenters. The van der Waals surface area contributed by atoms with E-state index < -0.39 is 5.56 Å². The highest BCUT2D eigenvalue weighted by Gasteiger charge is 2.19. The molecule has 11 heteroatoms. The zero-order valence-corrected chi connectivity index (χ0v) is 20.7. The van der Waals surface area contributed by atoms with E-state index in [1.54, 1.807) is 18.3 Å². The van der Waals surface area contributed by atoms with Gasteiger partial charge >= 0.3 is 0 Å². The van der Waals surface area contributed by atoms with Crippen LogP contribution in [0.3, 0.4) is 0 Å². The normalized spacial score (nSPS) is 14.1. The third kappa shape index (κ3) is 4.50. The van der Waals surface area contributed by atoms with Crippen molar-refractivity contribution in [1.29, 1.82) is 0 Å². The summed E-state index contributed by atoms with van der Waals surface area (Å²) in [6.07, 6.45) is 5.91. The highest BCUT2D eigenvalue weighted by Crippen LogP contribution is 2.26.